The Morgan fingerprint density at radius 2 is 1.52 bits per heavy atom. The standard InChI is InChI=1S/C19H26F3NO8/c1-18(2,3)31-17(24)13-29-9-8-27-6-7-28-10-11-30-14-4-5-16(23(25)26)15(12-14)19(20,21)22/h4-5,12H,6-11,13H2,1-3H3. The monoisotopic (exact) mass is 453 g/mol. The number of carbonyl (C=O) groups is 1. The van der Waals surface area contributed by atoms with Gasteiger partial charge in [0, 0.05) is 6.07 Å². The van der Waals surface area contributed by atoms with Crippen molar-refractivity contribution in [2.45, 2.75) is 32.5 Å². The van der Waals surface area contributed by atoms with Crippen LogP contribution in [0.5, 0.6) is 5.75 Å². The van der Waals surface area contributed by atoms with Crippen LogP contribution in [0.2, 0.25) is 0 Å². The first-order valence-corrected chi connectivity index (χ1v) is 9.33. The van der Waals surface area contributed by atoms with E-state index in [1.54, 1.807) is 20.8 Å². The number of rotatable bonds is 13. The van der Waals surface area contributed by atoms with Crippen LogP contribution in [0.1, 0.15) is 26.3 Å². The highest BCUT2D eigenvalue weighted by Crippen LogP contribution is 2.38. The first-order valence-electron chi connectivity index (χ1n) is 9.33. The molecule has 12 heteroatoms. The molecule has 0 radical (unpaired) electrons. The van der Waals surface area contributed by atoms with Crippen molar-refractivity contribution in [3.8, 4) is 5.75 Å². The minimum Gasteiger partial charge on any atom is -0.491 e. The average molecular weight is 453 g/mol. The fourth-order valence-corrected chi connectivity index (χ4v) is 2.18. The second-order valence-electron chi connectivity index (χ2n) is 7.15. The summed E-state index contributed by atoms with van der Waals surface area (Å²) >= 11 is 0. The molecule has 0 fully saturated rings. The lowest BCUT2D eigenvalue weighted by Crippen LogP contribution is -2.27. The van der Waals surface area contributed by atoms with Gasteiger partial charge in [-0.1, -0.05) is 0 Å². The predicted octanol–water partition coefficient (Wildman–Crippen LogP) is 3.38. The van der Waals surface area contributed by atoms with Gasteiger partial charge in [0.1, 0.15) is 30.1 Å². The molecule has 0 unspecified atom stereocenters. The van der Waals surface area contributed by atoms with Gasteiger partial charge in [-0.05, 0) is 32.9 Å². The molecule has 0 spiro atoms. The number of hydrogen-bond donors (Lipinski definition) is 0. The van der Waals surface area contributed by atoms with E-state index in [-0.39, 0.29) is 52.0 Å². The van der Waals surface area contributed by atoms with Gasteiger partial charge >= 0.3 is 12.1 Å². The summed E-state index contributed by atoms with van der Waals surface area (Å²) in [6, 6.07) is 2.42. The molecule has 0 amide bonds. The lowest BCUT2D eigenvalue weighted by Gasteiger charge is -2.19. The van der Waals surface area contributed by atoms with Gasteiger partial charge in [-0.15, -0.1) is 0 Å². The van der Waals surface area contributed by atoms with E-state index in [0.29, 0.717) is 6.07 Å². The van der Waals surface area contributed by atoms with Gasteiger partial charge in [0.25, 0.3) is 5.69 Å². The van der Waals surface area contributed by atoms with Crippen molar-refractivity contribution in [2.75, 3.05) is 46.2 Å². The summed E-state index contributed by atoms with van der Waals surface area (Å²) in [5, 5.41) is 10.7. The van der Waals surface area contributed by atoms with E-state index in [1.807, 2.05) is 0 Å². The maximum absolute atomic E-state index is 12.9. The van der Waals surface area contributed by atoms with Gasteiger partial charge in [-0.25, -0.2) is 4.79 Å². The molecule has 0 aromatic heterocycles. The quantitative estimate of drug-likeness (QED) is 0.194. The Morgan fingerprint density at radius 3 is 2.03 bits per heavy atom. The third kappa shape index (κ3) is 11.5. The summed E-state index contributed by atoms with van der Waals surface area (Å²) in [6.45, 7) is 6.02. The average Bonchev–Trinajstić information content (AvgIpc) is 2.63. The second kappa shape index (κ2) is 12.4. The molecular weight excluding hydrogens is 427 g/mol. The topological polar surface area (TPSA) is 106 Å². The molecule has 9 nitrogen and oxygen atoms in total. The van der Waals surface area contributed by atoms with Crippen molar-refractivity contribution < 1.29 is 46.6 Å². The zero-order valence-corrected chi connectivity index (χ0v) is 17.5. The Bertz CT molecular complexity index is 719. The van der Waals surface area contributed by atoms with Gasteiger partial charge in [-0.2, -0.15) is 13.2 Å². The molecule has 0 N–H and O–H groups in total. The Kier molecular flexibility index (Phi) is 10.7. The molecule has 1 aromatic carbocycles. The summed E-state index contributed by atoms with van der Waals surface area (Å²) in [5.74, 6) is -0.619. The molecule has 0 bridgehead atoms. The van der Waals surface area contributed by atoms with Crippen LogP contribution >= 0.6 is 0 Å². The normalized spacial score (nSPS) is 11.9. The van der Waals surface area contributed by atoms with Crippen LogP contribution in [0.15, 0.2) is 18.2 Å². The second-order valence-corrected chi connectivity index (χ2v) is 7.15. The van der Waals surface area contributed by atoms with Gasteiger partial charge in [0.2, 0.25) is 0 Å². The number of alkyl halides is 3. The zero-order chi connectivity index (χ0) is 23.5. The first-order chi connectivity index (χ1) is 14.4. The summed E-state index contributed by atoms with van der Waals surface area (Å²) < 4.78 is 64.5. The molecule has 0 saturated carbocycles. The van der Waals surface area contributed by atoms with Gasteiger partial charge in [-0.3, -0.25) is 10.1 Å². The Morgan fingerprint density at radius 1 is 0.968 bits per heavy atom. The van der Waals surface area contributed by atoms with Crippen LogP contribution in [0.25, 0.3) is 0 Å². The fourth-order valence-electron chi connectivity index (χ4n) is 2.18. The number of nitro benzene ring substituents is 1. The van der Waals surface area contributed by atoms with Crippen LogP contribution in [-0.4, -0.2) is 62.7 Å². The van der Waals surface area contributed by atoms with E-state index >= 15 is 0 Å². The number of esters is 1. The number of nitro groups is 1. The summed E-state index contributed by atoms with van der Waals surface area (Å²) in [6.07, 6.45) is -4.87. The number of carbonyl (C=O) groups excluding carboxylic acids is 1. The fraction of sp³-hybridized carbons (Fsp3) is 0.632. The van der Waals surface area contributed by atoms with Crippen LogP contribution in [0.3, 0.4) is 0 Å². The Labute approximate surface area is 177 Å². The number of halogens is 3. The Balaban J connectivity index is 2.14. The lowest BCUT2D eigenvalue weighted by atomic mass is 10.1. The first kappa shape index (κ1) is 26.6. The smallest absolute Gasteiger partial charge is 0.423 e. The largest absolute Gasteiger partial charge is 0.491 e. The van der Waals surface area contributed by atoms with Crippen LogP contribution < -0.4 is 4.74 Å². The van der Waals surface area contributed by atoms with Crippen molar-refractivity contribution in [1.82, 2.24) is 0 Å². The van der Waals surface area contributed by atoms with E-state index in [2.05, 4.69) is 0 Å². The summed E-state index contributed by atoms with van der Waals surface area (Å²) in [4.78, 5) is 21.0. The van der Waals surface area contributed by atoms with Crippen molar-refractivity contribution in [2.24, 2.45) is 0 Å². The van der Waals surface area contributed by atoms with Gasteiger partial charge in [0.15, 0.2) is 0 Å². The van der Waals surface area contributed by atoms with E-state index in [9.17, 15) is 28.1 Å². The van der Waals surface area contributed by atoms with Crippen LogP contribution in [-0.2, 0) is 29.9 Å². The highest BCUT2D eigenvalue weighted by atomic mass is 19.4. The molecule has 0 heterocycles. The predicted molar refractivity (Wildman–Crippen MR) is 102 cm³/mol. The molecule has 0 saturated heterocycles. The molecular formula is C19H26F3NO8. The molecule has 176 valence electrons. The summed E-state index contributed by atoms with van der Waals surface area (Å²) in [7, 11) is 0. The molecule has 0 aliphatic rings. The minimum absolute atomic E-state index is 0.0475. The third-order valence-electron chi connectivity index (χ3n) is 3.35. The highest BCUT2D eigenvalue weighted by molar-refractivity contribution is 5.71. The van der Waals surface area contributed by atoms with E-state index < -0.39 is 33.9 Å². The zero-order valence-electron chi connectivity index (χ0n) is 17.5. The summed E-state index contributed by atoms with van der Waals surface area (Å²) in [5.41, 5.74) is -2.99. The molecule has 1 rings (SSSR count). The van der Waals surface area contributed by atoms with E-state index in [1.165, 1.54) is 0 Å². The maximum Gasteiger partial charge on any atom is 0.423 e. The molecule has 0 aliphatic carbocycles. The van der Waals surface area contributed by atoms with Crippen molar-refractivity contribution in [3.63, 3.8) is 0 Å². The van der Waals surface area contributed by atoms with Gasteiger partial charge in [0.05, 0.1) is 38.0 Å². The highest BCUT2D eigenvalue weighted by Gasteiger charge is 2.38. The number of hydrogen-bond acceptors (Lipinski definition) is 8. The maximum atomic E-state index is 12.9. The Hall–Kier alpha value is -2.44. The number of nitrogens with zero attached hydrogens (tertiary/aromatic N) is 1. The van der Waals surface area contributed by atoms with E-state index in [4.69, 9.17) is 23.7 Å². The van der Waals surface area contributed by atoms with Crippen molar-refractivity contribution in [3.05, 3.63) is 33.9 Å². The van der Waals surface area contributed by atoms with Crippen molar-refractivity contribution in [1.29, 1.82) is 0 Å². The molecule has 1 aromatic rings. The van der Waals surface area contributed by atoms with Gasteiger partial charge < -0.3 is 23.7 Å². The number of benzene rings is 1. The lowest BCUT2D eigenvalue weighted by molar-refractivity contribution is -0.388. The van der Waals surface area contributed by atoms with Crippen LogP contribution in [0.4, 0.5) is 18.9 Å². The molecule has 0 aliphatic heterocycles. The van der Waals surface area contributed by atoms with Crippen molar-refractivity contribution >= 4 is 11.7 Å². The molecule has 0 atom stereocenters. The minimum atomic E-state index is -4.87. The molecule has 31 heavy (non-hydrogen) atoms. The number of ether oxygens (including phenoxy) is 5. The SMILES string of the molecule is CC(C)(C)OC(=O)COCCOCCOCCOc1ccc([N+](=O)[O-])c(C(F)(F)F)c1. The van der Waals surface area contributed by atoms with Crippen LogP contribution in [0, 0.1) is 10.1 Å². The third-order valence-corrected chi connectivity index (χ3v) is 3.35. The van der Waals surface area contributed by atoms with E-state index in [0.717, 1.165) is 12.1 Å².